The quantitative estimate of drug-likeness (QED) is 0.813. The molecule has 3 nitrogen and oxygen atoms in total. The van der Waals surface area contributed by atoms with Gasteiger partial charge in [-0.3, -0.25) is 9.69 Å². The Morgan fingerprint density at radius 2 is 2.05 bits per heavy atom. The predicted octanol–water partition coefficient (Wildman–Crippen LogP) is 2.67. The van der Waals surface area contributed by atoms with E-state index in [1.54, 1.807) is 4.90 Å². The Morgan fingerprint density at radius 1 is 1.42 bits per heavy atom. The molecule has 19 heavy (non-hydrogen) atoms. The zero-order valence-corrected chi connectivity index (χ0v) is 12.5. The monoisotopic (exact) mass is 334 g/mol. The molecule has 0 aliphatic heterocycles. The van der Waals surface area contributed by atoms with Crippen molar-refractivity contribution in [2.24, 2.45) is 11.7 Å². The number of rotatable bonds is 6. The molecule has 0 spiro atoms. The van der Waals surface area contributed by atoms with Crippen LogP contribution >= 0.6 is 15.9 Å². The Morgan fingerprint density at radius 3 is 2.58 bits per heavy atom. The van der Waals surface area contributed by atoms with Gasteiger partial charge in [-0.2, -0.15) is 0 Å². The third-order valence-electron chi connectivity index (χ3n) is 2.52. The maximum absolute atomic E-state index is 13.9. The van der Waals surface area contributed by atoms with E-state index < -0.39 is 17.5 Å². The summed E-state index contributed by atoms with van der Waals surface area (Å²) in [4.78, 5) is 12.6. The Bertz CT molecular complexity index is 466. The fourth-order valence-electron chi connectivity index (χ4n) is 1.86. The first kappa shape index (κ1) is 16.0. The van der Waals surface area contributed by atoms with E-state index >= 15 is 0 Å². The molecule has 0 fully saturated rings. The van der Waals surface area contributed by atoms with Crippen molar-refractivity contribution in [2.45, 2.75) is 20.4 Å². The lowest BCUT2D eigenvalue weighted by atomic mass is 10.1. The van der Waals surface area contributed by atoms with Gasteiger partial charge >= 0.3 is 0 Å². The maximum atomic E-state index is 13.9. The van der Waals surface area contributed by atoms with Crippen molar-refractivity contribution >= 4 is 21.8 Å². The zero-order chi connectivity index (χ0) is 14.6. The lowest BCUT2D eigenvalue weighted by Crippen LogP contribution is -2.36. The standard InChI is InChI=1S/C13H17BrF2N2O/c1-8(2)5-18(7-12(17)19)6-9-11(15)4-3-10(14)13(9)16/h3-4,8H,5-7H2,1-2H3,(H2,17,19). The third-order valence-corrected chi connectivity index (χ3v) is 3.14. The number of hydrogen-bond donors (Lipinski definition) is 1. The minimum atomic E-state index is -0.641. The molecule has 0 bridgehead atoms. The van der Waals surface area contributed by atoms with Crippen LogP contribution in [0.1, 0.15) is 19.4 Å². The molecule has 6 heteroatoms. The van der Waals surface area contributed by atoms with Gasteiger partial charge in [-0.05, 0) is 34.0 Å². The van der Waals surface area contributed by atoms with Crippen molar-refractivity contribution < 1.29 is 13.6 Å². The van der Waals surface area contributed by atoms with Gasteiger partial charge in [0.15, 0.2) is 0 Å². The number of carbonyl (C=O) groups is 1. The van der Waals surface area contributed by atoms with Gasteiger partial charge in [-0.1, -0.05) is 13.8 Å². The minimum Gasteiger partial charge on any atom is -0.369 e. The number of halogens is 3. The minimum absolute atomic E-state index is 0.0121. The van der Waals surface area contributed by atoms with Crippen molar-refractivity contribution in [3.8, 4) is 0 Å². The molecule has 0 unspecified atom stereocenters. The number of carbonyl (C=O) groups excluding carboxylic acids is 1. The molecular weight excluding hydrogens is 318 g/mol. The summed E-state index contributed by atoms with van der Waals surface area (Å²) in [6, 6.07) is 2.51. The number of benzene rings is 1. The molecule has 1 aromatic rings. The van der Waals surface area contributed by atoms with Gasteiger partial charge in [-0.25, -0.2) is 8.78 Å². The van der Waals surface area contributed by atoms with Gasteiger partial charge in [0.05, 0.1) is 11.0 Å². The molecule has 0 radical (unpaired) electrons. The van der Waals surface area contributed by atoms with Crippen LogP contribution in [0.25, 0.3) is 0 Å². The van der Waals surface area contributed by atoms with Crippen LogP contribution in [0.4, 0.5) is 8.78 Å². The van der Waals surface area contributed by atoms with Crippen LogP contribution in [0.5, 0.6) is 0 Å². The summed E-state index contributed by atoms with van der Waals surface area (Å²) >= 11 is 3.02. The van der Waals surface area contributed by atoms with Crippen LogP contribution in [-0.4, -0.2) is 23.9 Å². The molecule has 0 heterocycles. The highest BCUT2D eigenvalue weighted by Crippen LogP contribution is 2.23. The molecule has 1 rings (SSSR count). The molecule has 0 atom stereocenters. The average Bonchev–Trinajstić information content (AvgIpc) is 2.28. The van der Waals surface area contributed by atoms with Crippen LogP contribution in [0.3, 0.4) is 0 Å². The molecule has 1 aromatic carbocycles. The van der Waals surface area contributed by atoms with Gasteiger partial charge in [0.1, 0.15) is 11.6 Å². The highest BCUT2D eigenvalue weighted by molar-refractivity contribution is 9.10. The number of primary amides is 1. The summed E-state index contributed by atoms with van der Waals surface area (Å²) in [5, 5.41) is 0. The first-order chi connectivity index (χ1) is 8.81. The highest BCUT2D eigenvalue weighted by atomic mass is 79.9. The fraction of sp³-hybridized carbons (Fsp3) is 0.462. The van der Waals surface area contributed by atoms with Gasteiger partial charge in [0.2, 0.25) is 5.91 Å². The second-order valence-electron chi connectivity index (χ2n) is 4.85. The van der Waals surface area contributed by atoms with Crippen molar-refractivity contribution in [1.29, 1.82) is 0 Å². The third kappa shape index (κ3) is 4.87. The van der Waals surface area contributed by atoms with Gasteiger partial charge in [-0.15, -0.1) is 0 Å². The van der Waals surface area contributed by atoms with Gasteiger partial charge < -0.3 is 5.73 Å². The number of nitrogens with zero attached hydrogens (tertiary/aromatic N) is 1. The normalized spacial score (nSPS) is 11.3. The summed E-state index contributed by atoms with van der Waals surface area (Å²) in [5.74, 6) is -1.52. The smallest absolute Gasteiger partial charge is 0.231 e. The zero-order valence-electron chi connectivity index (χ0n) is 10.9. The van der Waals surface area contributed by atoms with E-state index in [0.717, 1.165) is 0 Å². The van der Waals surface area contributed by atoms with Crippen molar-refractivity contribution in [1.82, 2.24) is 4.90 Å². The Balaban J connectivity index is 2.95. The van der Waals surface area contributed by atoms with Crippen LogP contribution in [0.15, 0.2) is 16.6 Å². The van der Waals surface area contributed by atoms with Crippen molar-refractivity contribution in [3.05, 3.63) is 33.8 Å². The summed E-state index contributed by atoms with van der Waals surface area (Å²) in [7, 11) is 0. The van der Waals surface area contributed by atoms with E-state index in [4.69, 9.17) is 5.73 Å². The lowest BCUT2D eigenvalue weighted by molar-refractivity contribution is -0.119. The van der Waals surface area contributed by atoms with Gasteiger partial charge in [0.25, 0.3) is 0 Å². The van der Waals surface area contributed by atoms with E-state index in [-0.39, 0.29) is 29.0 Å². The molecule has 0 saturated heterocycles. The molecule has 1 amide bonds. The lowest BCUT2D eigenvalue weighted by Gasteiger charge is -2.23. The molecule has 2 N–H and O–H groups in total. The van der Waals surface area contributed by atoms with Crippen molar-refractivity contribution in [3.63, 3.8) is 0 Å². The summed E-state index contributed by atoms with van der Waals surface area (Å²) in [5.41, 5.74) is 5.09. The second-order valence-corrected chi connectivity index (χ2v) is 5.71. The molecule has 0 saturated carbocycles. The maximum Gasteiger partial charge on any atom is 0.231 e. The van der Waals surface area contributed by atoms with Crippen LogP contribution in [-0.2, 0) is 11.3 Å². The topological polar surface area (TPSA) is 46.3 Å². The summed E-state index contributed by atoms with van der Waals surface area (Å²) < 4.78 is 27.7. The largest absolute Gasteiger partial charge is 0.369 e. The van der Waals surface area contributed by atoms with E-state index in [2.05, 4.69) is 15.9 Å². The highest BCUT2D eigenvalue weighted by Gasteiger charge is 2.18. The molecular formula is C13H17BrF2N2O. The predicted molar refractivity (Wildman–Crippen MR) is 73.4 cm³/mol. The Labute approximate surface area is 119 Å². The second kappa shape index (κ2) is 6.96. The molecule has 106 valence electrons. The number of nitrogens with two attached hydrogens (primary N) is 1. The Kier molecular flexibility index (Phi) is 5.87. The van der Waals surface area contributed by atoms with Crippen LogP contribution in [0, 0.1) is 17.6 Å². The first-order valence-electron chi connectivity index (χ1n) is 5.94. The molecule has 0 aliphatic carbocycles. The van der Waals surface area contributed by atoms with Crippen LogP contribution < -0.4 is 5.73 Å². The first-order valence-corrected chi connectivity index (χ1v) is 6.73. The SMILES string of the molecule is CC(C)CN(CC(N)=O)Cc1c(F)ccc(Br)c1F. The Hall–Kier alpha value is -1.01. The van der Waals surface area contributed by atoms with E-state index in [9.17, 15) is 13.6 Å². The van der Waals surface area contributed by atoms with Gasteiger partial charge in [0, 0.05) is 18.7 Å². The van der Waals surface area contributed by atoms with Crippen LogP contribution in [0.2, 0.25) is 0 Å². The van der Waals surface area contributed by atoms with Crippen molar-refractivity contribution in [2.75, 3.05) is 13.1 Å². The number of amides is 1. The van der Waals surface area contributed by atoms with E-state index in [1.165, 1.54) is 12.1 Å². The molecule has 0 aliphatic rings. The van der Waals surface area contributed by atoms with E-state index in [1.807, 2.05) is 13.8 Å². The number of hydrogen-bond acceptors (Lipinski definition) is 2. The summed E-state index contributed by atoms with van der Waals surface area (Å²) in [6.45, 7) is 4.44. The average molecular weight is 335 g/mol. The fourth-order valence-corrected chi connectivity index (χ4v) is 2.23. The van der Waals surface area contributed by atoms with E-state index in [0.29, 0.717) is 6.54 Å². The summed E-state index contributed by atoms with van der Waals surface area (Å²) in [6.07, 6.45) is 0. The molecule has 0 aromatic heterocycles.